The standard InChI is InChI=1S/C24H54O7Si4/c1-12-13-20-33(7,8)30-35(11,22-14-16-27-19-18-26-4)31-34(9,10)29-32(5,6)21-15-17-28-24(25)23(2)3/h2,12-22H2,1,3-11H3. The normalized spacial score (nSPS) is 14.6. The lowest BCUT2D eigenvalue weighted by atomic mass is 10.4. The molecular formula is C24H54O7Si4. The number of carbonyl (C=O) groups is 1. The number of hydrogen-bond acceptors (Lipinski definition) is 7. The summed E-state index contributed by atoms with van der Waals surface area (Å²) in [5.41, 5.74) is 0.429. The molecule has 0 aliphatic heterocycles. The van der Waals surface area contributed by atoms with Gasteiger partial charge in [0.1, 0.15) is 0 Å². The Labute approximate surface area is 220 Å². The molecule has 0 N–H and O–H groups in total. The van der Waals surface area contributed by atoms with Gasteiger partial charge in [-0.05, 0) is 83.7 Å². The summed E-state index contributed by atoms with van der Waals surface area (Å²) < 4.78 is 36.6. The summed E-state index contributed by atoms with van der Waals surface area (Å²) in [5, 5.41) is 0. The third-order valence-electron chi connectivity index (χ3n) is 5.46. The average molecular weight is 567 g/mol. The van der Waals surface area contributed by atoms with E-state index in [-0.39, 0.29) is 5.97 Å². The molecule has 0 fully saturated rings. The fraction of sp³-hybridized carbons (Fsp3) is 0.875. The number of hydrogen-bond donors (Lipinski definition) is 0. The van der Waals surface area contributed by atoms with Crippen molar-refractivity contribution in [2.45, 2.75) is 103 Å². The van der Waals surface area contributed by atoms with Crippen LogP contribution in [0.4, 0.5) is 0 Å². The quantitative estimate of drug-likeness (QED) is 0.0672. The highest BCUT2D eigenvalue weighted by Crippen LogP contribution is 2.30. The molecule has 7 nitrogen and oxygen atoms in total. The van der Waals surface area contributed by atoms with Gasteiger partial charge in [-0.25, -0.2) is 4.79 Å². The Morgan fingerprint density at radius 1 is 0.743 bits per heavy atom. The molecule has 0 aromatic rings. The highest BCUT2D eigenvalue weighted by molar-refractivity contribution is 6.89. The second kappa shape index (κ2) is 16.7. The number of carbonyl (C=O) groups excluding carboxylic acids is 1. The van der Waals surface area contributed by atoms with E-state index in [0.717, 1.165) is 31.0 Å². The van der Waals surface area contributed by atoms with Gasteiger partial charge >= 0.3 is 23.1 Å². The zero-order chi connectivity index (χ0) is 27.2. The Bertz CT molecular complexity index is 629. The first-order valence-corrected chi connectivity index (χ1v) is 24.6. The van der Waals surface area contributed by atoms with Crippen molar-refractivity contribution in [2.24, 2.45) is 0 Å². The minimum atomic E-state index is -2.47. The molecule has 1 unspecified atom stereocenters. The highest BCUT2D eigenvalue weighted by atomic mass is 28.5. The Morgan fingerprint density at radius 2 is 1.31 bits per heavy atom. The summed E-state index contributed by atoms with van der Waals surface area (Å²) >= 11 is 0. The molecule has 0 heterocycles. The minimum Gasteiger partial charge on any atom is -0.462 e. The van der Waals surface area contributed by atoms with Gasteiger partial charge in [-0.3, -0.25) is 0 Å². The number of unbranched alkanes of at least 4 members (excludes halogenated alkanes) is 1. The van der Waals surface area contributed by atoms with E-state index in [1.54, 1.807) is 14.0 Å². The molecule has 208 valence electrons. The maximum absolute atomic E-state index is 11.6. The van der Waals surface area contributed by atoms with E-state index in [9.17, 15) is 4.79 Å². The molecule has 0 bridgehead atoms. The van der Waals surface area contributed by atoms with Crippen molar-refractivity contribution < 1.29 is 31.4 Å². The summed E-state index contributed by atoms with van der Waals surface area (Å²) in [6, 6.07) is 2.94. The van der Waals surface area contributed by atoms with Crippen molar-refractivity contribution >= 4 is 39.7 Å². The maximum Gasteiger partial charge on any atom is 0.333 e. The third kappa shape index (κ3) is 17.9. The summed E-state index contributed by atoms with van der Waals surface area (Å²) in [5.74, 6) is -0.330. The molecule has 11 heteroatoms. The Hall–Kier alpha value is -0.122. The van der Waals surface area contributed by atoms with Gasteiger partial charge in [-0.1, -0.05) is 26.3 Å². The average Bonchev–Trinajstić information content (AvgIpc) is 2.70. The molecule has 0 saturated heterocycles. The van der Waals surface area contributed by atoms with Crippen LogP contribution in [0.5, 0.6) is 0 Å². The molecule has 0 aromatic carbocycles. The second-order valence-corrected chi connectivity index (χ2v) is 27.2. The predicted octanol–water partition coefficient (Wildman–Crippen LogP) is 6.58. The van der Waals surface area contributed by atoms with Crippen molar-refractivity contribution in [1.82, 2.24) is 0 Å². The summed E-state index contributed by atoms with van der Waals surface area (Å²) in [6.45, 7) is 25.4. The van der Waals surface area contributed by atoms with Crippen molar-refractivity contribution in [2.75, 3.05) is 33.5 Å². The van der Waals surface area contributed by atoms with E-state index in [1.165, 1.54) is 12.8 Å². The van der Waals surface area contributed by atoms with Crippen LogP contribution in [0.15, 0.2) is 12.2 Å². The van der Waals surface area contributed by atoms with Gasteiger partial charge in [0.2, 0.25) is 0 Å². The van der Waals surface area contributed by atoms with Gasteiger partial charge in [0.05, 0.1) is 19.8 Å². The van der Waals surface area contributed by atoms with Crippen molar-refractivity contribution in [1.29, 1.82) is 0 Å². The SMILES string of the molecule is C=C(C)C(=O)OCCC[Si](C)(C)O[Si](C)(C)O[Si](C)(CCCOCCOC)O[Si](C)(C)CCCC. The summed E-state index contributed by atoms with van der Waals surface area (Å²) in [6.07, 6.45) is 4.06. The van der Waals surface area contributed by atoms with Crippen LogP contribution in [-0.4, -0.2) is 73.3 Å². The van der Waals surface area contributed by atoms with Crippen molar-refractivity contribution in [3.63, 3.8) is 0 Å². The molecule has 0 saturated carbocycles. The number of ether oxygens (including phenoxy) is 3. The molecule has 1 atom stereocenters. The van der Waals surface area contributed by atoms with E-state index >= 15 is 0 Å². The van der Waals surface area contributed by atoms with Crippen LogP contribution < -0.4 is 0 Å². The second-order valence-electron chi connectivity index (χ2n) is 11.2. The smallest absolute Gasteiger partial charge is 0.333 e. The molecule has 0 amide bonds. The van der Waals surface area contributed by atoms with Crippen LogP contribution in [0.2, 0.25) is 64.0 Å². The Balaban J connectivity index is 5.13. The van der Waals surface area contributed by atoms with Crippen LogP contribution in [0.25, 0.3) is 0 Å². The van der Waals surface area contributed by atoms with E-state index < -0.39 is 33.8 Å². The molecule has 0 aliphatic carbocycles. The zero-order valence-electron chi connectivity index (χ0n) is 24.3. The van der Waals surface area contributed by atoms with Crippen LogP contribution in [-0.2, 0) is 31.4 Å². The molecule has 0 aliphatic rings. The van der Waals surface area contributed by atoms with Gasteiger partial charge < -0.3 is 26.6 Å². The molecular weight excluding hydrogens is 513 g/mol. The van der Waals surface area contributed by atoms with Crippen LogP contribution in [0.3, 0.4) is 0 Å². The lowest BCUT2D eigenvalue weighted by Gasteiger charge is -2.42. The maximum atomic E-state index is 11.6. The van der Waals surface area contributed by atoms with Crippen LogP contribution in [0, 0.1) is 0 Å². The third-order valence-corrected chi connectivity index (χ3v) is 21.6. The van der Waals surface area contributed by atoms with E-state index in [0.29, 0.717) is 32.0 Å². The molecule has 0 rings (SSSR count). The zero-order valence-corrected chi connectivity index (χ0v) is 28.3. The lowest BCUT2D eigenvalue weighted by molar-refractivity contribution is -0.138. The topological polar surface area (TPSA) is 72.5 Å². The van der Waals surface area contributed by atoms with E-state index in [4.69, 9.17) is 26.6 Å². The first kappa shape index (κ1) is 34.9. The fourth-order valence-electron chi connectivity index (χ4n) is 4.14. The van der Waals surface area contributed by atoms with Crippen molar-refractivity contribution in [3.05, 3.63) is 12.2 Å². The lowest BCUT2D eigenvalue weighted by Crippen LogP contribution is -2.57. The number of methoxy groups -OCH3 is 1. The van der Waals surface area contributed by atoms with E-state index in [1.807, 2.05) is 0 Å². The molecule has 0 spiro atoms. The Morgan fingerprint density at radius 3 is 1.89 bits per heavy atom. The number of rotatable bonds is 21. The van der Waals surface area contributed by atoms with Crippen LogP contribution in [0.1, 0.15) is 39.5 Å². The summed E-state index contributed by atoms with van der Waals surface area (Å²) in [4.78, 5) is 11.6. The van der Waals surface area contributed by atoms with Crippen molar-refractivity contribution in [3.8, 4) is 0 Å². The molecule has 0 radical (unpaired) electrons. The van der Waals surface area contributed by atoms with Gasteiger partial charge in [0.25, 0.3) is 0 Å². The largest absolute Gasteiger partial charge is 0.462 e. The van der Waals surface area contributed by atoms with E-state index in [2.05, 4.69) is 59.3 Å². The van der Waals surface area contributed by atoms with Gasteiger partial charge in [0.15, 0.2) is 16.6 Å². The van der Waals surface area contributed by atoms with Gasteiger partial charge in [0, 0.05) is 19.3 Å². The first-order chi connectivity index (χ1) is 16.1. The van der Waals surface area contributed by atoms with Crippen LogP contribution >= 0.6 is 0 Å². The predicted molar refractivity (Wildman–Crippen MR) is 154 cm³/mol. The van der Waals surface area contributed by atoms with Gasteiger partial charge in [-0.2, -0.15) is 0 Å². The molecule has 0 aromatic heterocycles. The highest BCUT2D eigenvalue weighted by Gasteiger charge is 2.45. The Kier molecular flexibility index (Phi) is 16.6. The minimum absolute atomic E-state index is 0.330. The monoisotopic (exact) mass is 566 g/mol. The number of esters is 1. The fourth-order valence-corrected chi connectivity index (χ4v) is 24.0. The molecule has 35 heavy (non-hydrogen) atoms. The first-order valence-electron chi connectivity index (χ1n) is 13.1. The van der Waals surface area contributed by atoms with Gasteiger partial charge in [-0.15, -0.1) is 0 Å². The summed E-state index contributed by atoms with van der Waals surface area (Å²) in [7, 11) is -7.09.